The highest BCUT2D eigenvalue weighted by atomic mass is 19.4. The molecule has 188 valence electrons. The quantitative estimate of drug-likeness (QED) is 0.425. The van der Waals surface area contributed by atoms with Crippen LogP contribution in [0.1, 0.15) is 37.4 Å². The first-order chi connectivity index (χ1) is 17.2. The van der Waals surface area contributed by atoms with Crippen LogP contribution in [0.5, 0.6) is 5.75 Å². The predicted octanol–water partition coefficient (Wildman–Crippen LogP) is 4.82. The van der Waals surface area contributed by atoms with Gasteiger partial charge in [-0.3, -0.25) is 9.48 Å². The Morgan fingerprint density at radius 1 is 1.11 bits per heavy atom. The summed E-state index contributed by atoms with van der Waals surface area (Å²) >= 11 is 0. The number of alkyl halides is 3. The maximum absolute atomic E-state index is 13.3. The van der Waals surface area contributed by atoms with Gasteiger partial charge in [-0.25, -0.2) is 9.97 Å². The molecular weight excluding hydrogens is 473 g/mol. The zero-order valence-corrected chi connectivity index (χ0v) is 19.8. The molecule has 8 nitrogen and oxygen atoms in total. The van der Waals surface area contributed by atoms with E-state index < -0.39 is 11.9 Å². The molecule has 0 spiro atoms. The Morgan fingerprint density at radius 3 is 2.58 bits per heavy atom. The molecule has 4 heterocycles. The van der Waals surface area contributed by atoms with E-state index in [9.17, 15) is 18.0 Å². The van der Waals surface area contributed by atoms with Crippen LogP contribution in [0.4, 0.5) is 19.0 Å². The fourth-order valence-electron chi connectivity index (χ4n) is 4.64. The maximum atomic E-state index is 13.3. The number of fused-ring (bicyclic) bond motifs is 1. The van der Waals surface area contributed by atoms with Crippen LogP contribution in [0.25, 0.3) is 22.2 Å². The number of nitrogens with one attached hydrogen (secondary N) is 1. The SMILES string of the molecule is CNc1cc2c(cn1)c(-c1ccn(C)c(=O)c1)nn2[C@H]1CC[C@@H](Oc2cccnc2C(F)(F)F)CC1. The van der Waals surface area contributed by atoms with Crippen LogP contribution in [0.2, 0.25) is 0 Å². The van der Waals surface area contributed by atoms with Crippen molar-refractivity contribution in [2.75, 3.05) is 12.4 Å². The van der Waals surface area contributed by atoms with Crippen molar-refractivity contribution < 1.29 is 17.9 Å². The molecule has 0 unspecified atom stereocenters. The van der Waals surface area contributed by atoms with Gasteiger partial charge in [0.1, 0.15) is 11.5 Å². The van der Waals surface area contributed by atoms with Crippen molar-refractivity contribution in [3.8, 4) is 17.0 Å². The molecule has 4 aromatic heterocycles. The highest BCUT2D eigenvalue weighted by Crippen LogP contribution is 2.39. The summed E-state index contributed by atoms with van der Waals surface area (Å²) in [6, 6.07) is 8.09. The Morgan fingerprint density at radius 2 is 1.89 bits per heavy atom. The van der Waals surface area contributed by atoms with Gasteiger partial charge in [0.2, 0.25) is 0 Å². The Labute approximate surface area is 204 Å². The number of aromatic nitrogens is 5. The third-order valence-corrected chi connectivity index (χ3v) is 6.55. The lowest BCUT2D eigenvalue weighted by Crippen LogP contribution is -2.27. The first kappa shape index (κ1) is 23.8. The summed E-state index contributed by atoms with van der Waals surface area (Å²) in [5.41, 5.74) is 1.11. The largest absolute Gasteiger partial charge is 0.488 e. The fourth-order valence-corrected chi connectivity index (χ4v) is 4.64. The summed E-state index contributed by atoms with van der Waals surface area (Å²) in [5, 5.41) is 8.75. The topological polar surface area (TPSA) is 86.9 Å². The van der Waals surface area contributed by atoms with Gasteiger partial charge >= 0.3 is 6.18 Å². The van der Waals surface area contributed by atoms with Gasteiger partial charge in [0.25, 0.3) is 5.56 Å². The van der Waals surface area contributed by atoms with Crippen molar-refractivity contribution in [3.63, 3.8) is 0 Å². The number of nitrogens with zero attached hydrogens (tertiary/aromatic N) is 5. The van der Waals surface area contributed by atoms with Gasteiger partial charge < -0.3 is 14.6 Å². The summed E-state index contributed by atoms with van der Waals surface area (Å²) in [6.45, 7) is 0. The van der Waals surface area contributed by atoms with E-state index in [4.69, 9.17) is 9.84 Å². The molecular formula is C25H25F3N6O2. The Hall–Kier alpha value is -3.89. The predicted molar refractivity (Wildman–Crippen MR) is 129 cm³/mol. The number of anilines is 1. The number of aryl methyl sites for hydroxylation is 1. The highest BCUT2D eigenvalue weighted by molar-refractivity contribution is 5.93. The van der Waals surface area contributed by atoms with Crippen molar-refractivity contribution in [1.82, 2.24) is 24.3 Å². The Balaban J connectivity index is 1.42. The molecule has 0 atom stereocenters. The minimum Gasteiger partial charge on any atom is -0.488 e. The van der Waals surface area contributed by atoms with Crippen LogP contribution >= 0.6 is 0 Å². The van der Waals surface area contributed by atoms with E-state index in [2.05, 4.69) is 15.3 Å². The van der Waals surface area contributed by atoms with Crippen LogP contribution in [0.15, 0.2) is 53.7 Å². The van der Waals surface area contributed by atoms with Crippen LogP contribution in [0.3, 0.4) is 0 Å². The second-order valence-corrected chi connectivity index (χ2v) is 8.89. The van der Waals surface area contributed by atoms with Crippen LogP contribution in [0, 0.1) is 0 Å². The monoisotopic (exact) mass is 498 g/mol. The lowest BCUT2D eigenvalue weighted by Gasteiger charge is -2.30. The van der Waals surface area contributed by atoms with Gasteiger partial charge in [-0.15, -0.1) is 0 Å². The van der Waals surface area contributed by atoms with Crippen molar-refractivity contribution in [2.24, 2.45) is 7.05 Å². The lowest BCUT2D eigenvalue weighted by atomic mass is 9.93. The molecule has 4 aromatic rings. The third-order valence-electron chi connectivity index (χ3n) is 6.55. The minimum atomic E-state index is -4.57. The molecule has 5 rings (SSSR count). The number of hydrogen-bond donors (Lipinski definition) is 1. The van der Waals surface area contributed by atoms with Crippen molar-refractivity contribution in [2.45, 2.75) is 44.0 Å². The van der Waals surface area contributed by atoms with E-state index in [0.29, 0.717) is 42.8 Å². The zero-order valence-electron chi connectivity index (χ0n) is 19.8. The first-order valence-electron chi connectivity index (χ1n) is 11.7. The van der Waals surface area contributed by atoms with Gasteiger partial charge in [-0.2, -0.15) is 18.3 Å². The smallest absolute Gasteiger partial charge is 0.437 e. The number of pyridine rings is 3. The average Bonchev–Trinajstić information content (AvgIpc) is 3.24. The molecule has 1 N–H and O–H groups in total. The van der Waals surface area contributed by atoms with E-state index in [0.717, 1.165) is 17.1 Å². The van der Waals surface area contributed by atoms with Gasteiger partial charge in [0.15, 0.2) is 11.4 Å². The van der Waals surface area contributed by atoms with Gasteiger partial charge in [0, 0.05) is 55.8 Å². The van der Waals surface area contributed by atoms with Gasteiger partial charge in [0.05, 0.1) is 17.7 Å². The molecule has 0 amide bonds. The summed E-state index contributed by atoms with van der Waals surface area (Å²) in [4.78, 5) is 20.1. The molecule has 0 aromatic carbocycles. The summed E-state index contributed by atoms with van der Waals surface area (Å²) in [5.74, 6) is 0.447. The molecule has 0 aliphatic heterocycles. The normalized spacial score (nSPS) is 18.4. The van der Waals surface area contributed by atoms with E-state index in [1.165, 1.54) is 16.7 Å². The summed E-state index contributed by atoms with van der Waals surface area (Å²) in [7, 11) is 3.47. The molecule has 36 heavy (non-hydrogen) atoms. The molecule has 1 saturated carbocycles. The number of ether oxygens (including phenoxy) is 1. The van der Waals surface area contributed by atoms with Crippen molar-refractivity contribution >= 4 is 16.7 Å². The molecule has 0 radical (unpaired) electrons. The van der Waals surface area contributed by atoms with Crippen LogP contribution in [-0.2, 0) is 13.2 Å². The molecule has 1 aliphatic rings. The summed E-state index contributed by atoms with van der Waals surface area (Å²) < 4.78 is 49.1. The minimum absolute atomic E-state index is 0.0238. The number of rotatable bonds is 5. The Bertz CT molecular complexity index is 1450. The standard InChI is InChI=1S/C25H25F3N6O2/c1-29-21-13-19-18(14-31-21)23(15-9-11-33(2)22(35)12-15)32-34(19)16-5-7-17(8-6-16)36-20-4-3-10-30-24(20)25(26,27)28/h3-4,9-14,16-17H,5-8H2,1-2H3,(H,29,31)/t16-,17+. The lowest BCUT2D eigenvalue weighted by molar-refractivity contribution is -0.143. The molecule has 11 heteroatoms. The highest BCUT2D eigenvalue weighted by Gasteiger charge is 2.37. The second-order valence-electron chi connectivity index (χ2n) is 8.89. The molecule has 1 fully saturated rings. The second kappa shape index (κ2) is 9.29. The van der Waals surface area contributed by atoms with E-state index in [1.807, 2.05) is 16.8 Å². The van der Waals surface area contributed by atoms with Crippen molar-refractivity contribution in [1.29, 1.82) is 0 Å². The zero-order chi connectivity index (χ0) is 25.4. The van der Waals surface area contributed by atoms with Crippen LogP contribution in [-0.4, -0.2) is 37.5 Å². The molecule has 1 aliphatic carbocycles. The number of hydrogen-bond acceptors (Lipinski definition) is 6. The maximum Gasteiger partial charge on any atom is 0.437 e. The van der Waals surface area contributed by atoms with Crippen LogP contribution < -0.4 is 15.6 Å². The van der Waals surface area contributed by atoms with E-state index >= 15 is 0 Å². The van der Waals surface area contributed by atoms with Gasteiger partial charge in [-0.05, 0) is 43.9 Å². The number of halogens is 3. The first-order valence-corrected chi connectivity index (χ1v) is 11.7. The fraction of sp³-hybridized carbons (Fsp3) is 0.360. The molecule has 0 saturated heterocycles. The third kappa shape index (κ3) is 4.52. The van der Waals surface area contributed by atoms with E-state index in [-0.39, 0.29) is 23.5 Å². The van der Waals surface area contributed by atoms with E-state index in [1.54, 1.807) is 32.6 Å². The van der Waals surface area contributed by atoms with Gasteiger partial charge in [-0.1, -0.05) is 0 Å². The molecule has 0 bridgehead atoms. The van der Waals surface area contributed by atoms with Crippen molar-refractivity contribution in [3.05, 3.63) is 65.0 Å². The Kier molecular flexibility index (Phi) is 6.15. The average molecular weight is 499 g/mol. The summed E-state index contributed by atoms with van der Waals surface area (Å²) in [6.07, 6.45) is 2.14.